The lowest BCUT2D eigenvalue weighted by atomic mass is 10.3. The summed E-state index contributed by atoms with van der Waals surface area (Å²) < 4.78 is 0. The molecule has 0 aromatic carbocycles. The minimum Gasteiger partial charge on any atom is -0.391 e. The highest BCUT2D eigenvalue weighted by Crippen LogP contribution is 2.12. The third-order valence-corrected chi connectivity index (χ3v) is 2.46. The summed E-state index contributed by atoms with van der Waals surface area (Å²) >= 11 is 5.63. The van der Waals surface area contributed by atoms with Crippen LogP contribution in [0.4, 0.5) is 0 Å². The lowest BCUT2D eigenvalue weighted by Gasteiger charge is -2.14. The number of hydrogen-bond donors (Lipinski definition) is 1. The molecule has 1 aliphatic heterocycles. The molecule has 0 aliphatic carbocycles. The Morgan fingerprint density at radius 3 is 3.00 bits per heavy atom. The molecule has 1 aromatic heterocycles. The predicted molar refractivity (Wildman–Crippen MR) is 53.6 cm³/mol. The van der Waals surface area contributed by atoms with E-state index in [9.17, 15) is 9.90 Å². The van der Waals surface area contributed by atoms with Gasteiger partial charge in [-0.25, -0.2) is 4.98 Å². The molecule has 1 saturated heterocycles. The summed E-state index contributed by atoms with van der Waals surface area (Å²) in [5, 5.41) is 9.49. The standard InChI is InChI=1S/C9H10ClN3O2/c10-8-4-11-3-7(12-8)9(15)13-2-1-6(14)5-13/h3-4,6,14H,1-2,5H2/t6-/m1/s1. The molecule has 1 fully saturated rings. The zero-order chi connectivity index (χ0) is 10.8. The highest BCUT2D eigenvalue weighted by atomic mass is 35.5. The van der Waals surface area contributed by atoms with Crippen LogP contribution in [0.5, 0.6) is 0 Å². The van der Waals surface area contributed by atoms with E-state index in [2.05, 4.69) is 9.97 Å². The van der Waals surface area contributed by atoms with Gasteiger partial charge < -0.3 is 10.0 Å². The van der Waals surface area contributed by atoms with Gasteiger partial charge in [-0.2, -0.15) is 0 Å². The topological polar surface area (TPSA) is 66.3 Å². The van der Waals surface area contributed by atoms with Gasteiger partial charge in [-0.1, -0.05) is 11.6 Å². The first-order valence-corrected chi connectivity index (χ1v) is 4.99. The van der Waals surface area contributed by atoms with Gasteiger partial charge in [-0.15, -0.1) is 0 Å². The SMILES string of the molecule is O=C(c1cncc(Cl)n1)N1CC[C@@H](O)C1. The molecule has 1 N–H and O–H groups in total. The number of rotatable bonds is 1. The average molecular weight is 228 g/mol. The molecule has 2 heterocycles. The van der Waals surface area contributed by atoms with Crippen molar-refractivity contribution in [3.63, 3.8) is 0 Å². The molecule has 1 aliphatic rings. The second kappa shape index (κ2) is 4.12. The number of carbonyl (C=O) groups is 1. The maximum Gasteiger partial charge on any atom is 0.274 e. The first-order valence-electron chi connectivity index (χ1n) is 4.61. The quantitative estimate of drug-likeness (QED) is 0.751. The molecule has 1 amide bonds. The number of hydrogen-bond acceptors (Lipinski definition) is 4. The van der Waals surface area contributed by atoms with E-state index in [1.807, 2.05) is 0 Å². The normalized spacial score (nSPS) is 20.7. The number of halogens is 1. The fourth-order valence-electron chi connectivity index (χ4n) is 1.53. The van der Waals surface area contributed by atoms with Gasteiger partial charge in [0.1, 0.15) is 10.8 Å². The molecule has 5 nitrogen and oxygen atoms in total. The Kier molecular flexibility index (Phi) is 2.83. The lowest BCUT2D eigenvalue weighted by Crippen LogP contribution is -2.30. The molecule has 6 heteroatoms. The van der Waals surface area contributed by atoms with Crippen molar-refractivity contribution in [3.05, 3.63) is 23.2 Å². The molecule has 1 aromatic rings. The maximum atomic E-state index is 11.8. The Labute approximate surface area is 91.7 Å². The number of nitrogens with zero attached hydrogens (tertiary/aromatic N) is 3. The lowest BCUT2D eigenvalue weighted by molar-refractivity contribution is 0.0759. The van der Waals surface area contributed by atoms with Gasteiger partial charge in [0.2, 0.25) is 0 Å². The highest BCUT2D eigenvalue weighted by Gasteiger charge is 2.26. The summed E-state index contributed by atoms with van der Waals surface area (Å²) in [4.78, 5) is 21.0. The molecule has 0 unspecified atom stereocenters. The van der Waals surface area contributed by atoms with Gasteiger partial charge in [0.15, 0.2) is 0 Å². The van der Waals surface area contributed by atoms with Gasteiger partial charge in [-0.05, 0) is 6.42 Å². The van der Waals surface area contributed by atoms with Crippen LogP contribution in [0.1, 0.15) is 16.9 Å². The van der Waals surface area contributed by atoms with E-state index in [4.69, 9.17) is 11.6 Å². The Hall–Kier alpha value is -1.20. The van der Waals surface area contributed by atoms with Crippen LogP contribution in [0.3, 0.4) is 0 Å². The number of aliphatic hydroxyl groups is 1. The molecule has 0 bridgehead atoms. The fourth-order valence-corrected chi connectivity index (χ4v) is 1.68. The predicted octanol–water partition coefficient (Wildman–Crippen LogP) is 0.337. The van der Waals surface area contributed by atoms with Crippen LogP contribution in [0, 0.1) is 0 Å². The molecule has 0 saturated carbocycles. The molecule has 1 atom stereocenters. The van der Waals surface area contributed by atoms with Crippen LogP contribution in [-0.2, 0) is 0 Å². The van der Waals surface area contributed by atoms with Crippen molar-refractivity contribution in [2.75, 3.05) is 13.1 Å². The van der Waals surface area contributed by atoms with Crippen molar-refractivity contribution in [1.82, 2.24) is 14.9 Å². The van der Waals surface area contributed by atoms with Crippen molar-refractivity contribution in [2.45, 2.75) is 12.5 Å². The Bertz CT molecular complexity index is 385. The van der Waals surface area contributed by atoms with E-state index in [0.717, 1.165) is 0 Å². The molecule has 80 valence electrons. The van der Waals surface area contributed by atoms with E-state index < -0.39 is 6.10 Å². The van der Waals surface area contributed by atoms with Crippen molar-refractivity contribution >= 4 is 17.5 Å². The van der Waals surface area contributed by atoms with Crippen LogP contribution in [0.25, 0.3) is 0 Å². The monoisotopic (exact) mass is 227 g/mol. The molecular weight excluding hydrogens is 218 g/mol. The van der Waals surface area contributed by atoms with Crippen molar-refractivity contribution in [3.8, 4) is 0 Å². The number of β-amino-alcohol motifs (C(OH)–C–C–N with tert-alkyl or cyclic N) is 1. The number of likely N-dealkylation sites (tertiary alicyclic amines) is 1. The third kappa shape index (κ3) is 2.24. The highest BCUT2D eigenvalue weighted by molar-refractivity contribution is 6.29. The third-order valence-electron chi connectivity index (χ3n) is 2.27. The van der Waals surface area contributed by atoms with Crippen LogP contribution in [-0.4, -0.2) is 45.1 Å². The Morgan fingerprint density at radius 2 is 2.40 bits per heavy atom. The van der Waals surface area contributed by atoms with Crippen molar-refractivity contribution in [2.24, 2.45) is 0 Å². The molecule has 2 rings (SSSR count). The Morgan fingerprint density at radius 1 is 1.60 bits per heavy atom. The maximum absolute atomic E-state index is 11.8. The van der Waals surface area contributed by atoms with Crippen LogP contribution >= 0.6 is 11.6 Å². The largest absolute Gasteiger partial charge is 0.391 e. The molecule has 15 heavy (non-hydrogen) atoms. The van der Waals surface area contributed by atoms with Crippen LogP contribution in [0.15, 0.2) is 12.4 Å². The number of amides is 1. The second-order valence-corrected chi connectivity index (χ2v) is 3.81. The van der Waals surface area contributed by atoms with Gasteiger partial charge in [0, 0.05) is 13.1 Å². The number of aromatic nitrogens is 2. The van der Waals surface area contributed by atoms with Gasteiger partial charge in [0.05, 0.1) is 18.5 Å². The first-order chi connectivity index (χ1) is 7.16. The van der Waals surface area contributed by atoms with Gasteiger partial charge in [0.25, 0.3) is 5.91 Å². The number of carbonyl (C=O) groups excluding carboxylic acids is 1. The van der Waals surface area contributed by atoms with E-state index >= 15 is 0 Å². The molecule has 0 spiro atoms. The van der Waals surface area contributed by atoms with E-state index in [1.165, 1.54) is 12.4 Å². The summed E-state index contributed by atoms with van der Waals surface area (Å²) in [5.74, 6) is -0.235. The zero-order valence-corrected chi connectivity index (χ0v) is 8.68. The van der Waals surface area contributed by atoms with E-state index in [-0.39, 0.29) is 16.8 Å². The van der Waals surface area contributed by atoms with Gasteiger partial charge >= 0.3 is 0 Å². The zero-order valence-electron chi connectivity index (χ0n) is 7.93. The fraction of sp³-hybridized carbons (Fsp3) is 0.444. The molecular formula is C9H10ClN3O2. The average Bonchev–Trinajstić information content (AvgIpc) is 2.64. The van der Waals surface area contributed by atoms with E-state index in [1.54, 1.807) is 4.90 Å². The smallest absolute Gasteiger partial charge is 0.274 e. The first kappa shape index (κ1) is 10.3. The minimum absolute atomic E-state index is 0.195. The number of aliphatic hydroxyl groups excluding tert-OH is 1. The van der Waals surface area contributed by atoms with Crippen molar-refractivity contribution in [1.29, 1.82) is 0 Å². The summed E-state index contributed by atoms with van der Waals surface area (Å²) in [6.45, 7) is 0.904. The Balaban J connectivity index is 2.14. The minimum atomic E-state index is -0.430. The van der Waals surface area contributed by atoms with E-state index in [0.29, 0.717) is 19.5 Å². The van der Waals surface area contributed by atoms with Crippen molar-refractivity contribution < 1.29 is 9.90 Å². The van der Waals surface area contributed by atoms with Gasteiger partial charge in [-0.3, -0.25) is 9.78 Å². The van der Waals surface area contributed by atoms with Crippen LogP contribution < -0.4 is 0 Å². The van der Waals surface area contributed by atoms with Crippen LogP contribution in [0.2, 0.25) is 5.15 Å². The molecule has 0 radical (unpaired) electrons. The second-order valence-electron chi connectivity index (χ2n) is 3.42. The summed E-state index contributed by atoms with van der Waals surface area (Å²) in [7, 11) is 0. The summed E-state index contributed by atoms with van der Waals surface area (Å²) in [6, 6.07) is 0. The summed E-state index contributed by atoms with van der Waals surface area (Å²) in [6.07, 6.45) is 2.93. The summed E-state index contributed by atoms with van der Waals surface area (Å²) in [5.41, 5.74) is 0.219.